The SMILES string of the molecule is CN1CCN(I)CCN(I)CC1. The quantitative estimate of drug-likeness (QED) is 0.452. The molecule has 5 heteroatoms. The molecule has 1 heterocycles. The Morgan fingerprint density at radius 1 is 0.750 bits per heavy atom. The number of hydrogen-bond donors (Lipinski definition) is 0. The number of rotatable bonds is 0. The van der Waals surface area contributed by atoms with Crippen LogP contribution in [0.2, 0.25) is 0 Å². The number of halogens is 2. The third-order valence-corrected chi connectivity index (χ3v) is 3.96. The van der Waals surface area contributed by atoms with Crippen molar-refractivity contribution in [3.63, 3.8) is 0 Å². The Labute approximate surface area is 102 Å². The highest BCUT2D eigenvalue weighted by Gasteiger charge is 2.10. The summed E-state index contributed by atoms with van der Waals surface area (Å²) in [4.78, 5) is 2.39. The van der Waals surface area contributed by atoms with Crippen LogP contribution in [0.25, 0.3) is 0 Å². The summed E-state index contributed by atoms with van der Waals surface area (Å²) in [6.07, 6.45) is 0. The van der Waals surface area contributed by atoms with Gasteiger partial charge in [0.1, 0.15) is 0 Å². The third kappa shape index (κ3) is 4.54. The minimum atomic E-state index is 1.18. The Morgan fingerprint density at radius 2 is 1.08 bits per heavy atom. The van der Waals surface area contributed by atoms with E-state index in [1.165, 1.54) is 39.3 Å². The first-order chi connectivity index (χ1) is 5.68. The zero-order valence-electron chi connectivity index (χ0n) is 7.34. The van der Waals surface area contributed by atoms with E-state index >= 15 is 0 Å². The molecule has 0 aromatic rings. The molecule has 12 heavy (non-hydrogen) atoms. The van der Waals surface area contributed by atoms with Crippen molar-refractivity contribution >= 4 is 45.7 Å². The van der Waals surface area contributed by atoms with Crippen molar-refractivity contribution < 1.29 is 0 Å². The maximum atomic E-state index is 2.41. The third-order valence-electron chi connectivity index (χ3n) is 2.03. The summed E-state index contributed by atoms with van der Waals surface area (Å²) in [5.41, 5.74) is 0. The largest absolute Gasteiger partial charge is 0.304 e. The highest BCUT2D eigenvalue weighted by atomic mass is 127. The van der Waals surface area contributed by atoms with Crippen molar-refractivity contribution in [3.05, 3.63) is 0 Å². The van der Waals surface area contributed by atoms with E-state index in [0.29, 0.717) is 0 Å². The van der Waals surface area contributed by atoms with Crippen LogP contribution >= 0.6 is 45.7 Å². The molecule has 1 rings (SSSR count). The van der Waals surface area contributed by atoms with Crippen molar-refractivity contribution in [2.24, 2.45) is 0 Å². The number of likely N-dealkylation sites (N-methyl/N-ethyl adjacent to an activating group) is 1. The average Bonchev–Trinajstić information content (AvgIpc) is 2.11. The zero-order chi connectivity index (χ0) is 8.97. The molecular weight excluding hydrogens is 380 g/mol. The van der Waals surface area contributed by atoms with E-state index in [4.69, 9.17) is 0 Å². The van der Waals surface area contributed by atoms with E-state index < -0.39 is 0 Å². The summed E-state index contributed by atoms with van der Waals surface area (Å²) < 4.78 is 4.73. The van der Waals surface area contributed by atoms with Crippen LogP contribution in [0.3, 0.4) is 0 Å². The summed E-state index contributed by atoms with van der Waals surface area (Å²) in [5.74, 6) is 0. The van der Waals surface area contributed by atoms with Crippen LogP contribution in [-0.4, -0.2) is 57.4 Å². The summed E-state index contributed by atoms with van der Waals surface area (Å²) >= 11 is 4.83. The molecule has 0 spiro atoms. The molecule has 0 aliphatic carbocycles. The smallest absolute Gasteiger partial charge is 0.0217 e. The molecule has 1 aliphatic rings. The van der Waals surface area contributed by atoms with Gasteiger partial charge in [0.2, 0.25) is 0 Å². The van der Waals surface area contributed by atoms with Crippen molar-refractivity contribution in [2.75, 3.05) is 46.3 Å². The molecule has 0 unspecified atom stereocenters. The fraction of sp³-hybridized carbons (Fsp3) is 1.00. The van der Waals surface area contributed by atoms with Crippen LogP contribution in [0.4, 0.5) is 0 Å². The van der Waals surface area contributed by atoms with Crippen LogP contribution in [0.15, 0.2) is 0 Å². The van der Waals surface area contributed by atoms with E-state index in [2.05, 4.69) is 63.9 Å². The molecule has 1 fully saturated rings. The number of nitrogens with zero attached hydrogens (tertiary/aromatic N) is 3. The molecule has 72 valence electrons. The Balaban J connectivity index is 2.36. The van der Waals surface area contributed by atoms with Gasteiger partial charge in [-0.05, 0) is 7.05 Å². The molecule has 0 saturated carbocycles. The summed E-state index contributed by atoms with van der Waals surface area (Å²) in [5, 5.41) is 0. The Hall–Kier alpha value is 1.34. The molecule has 0 atom stereocenters. The lowest BCUT2D eigenvalue weighted by Gasteiger charge is -2.17. The van der Waals surface area contributed by atoms with Crippen molar-refractivity contribution in [1.29, 1.82) is 0 Å². The van der Waals surface area contributed by atoms with Gasteiger partial charge < -0.3 is 4.90 Å². The van der Waals surface area contributed by atoms with Crippen LogP contribution in [0, 0.1) is 0 Å². The average molecular weight is 395 g/mol. The topological polar surface area (TPSA) is 9.72 Å². The fourth-order valence-electron chi connectivity index (χ4n) is 1.11. The Bertz CT molecular complexity index is 98.0. The van der Waals surface area contributed by atoms with Crippen LogP contribution in [0.1, 0.15) is 0 Å². The molecule has 0 radical (unpaired) electrons. The standard InChI is InChI=1S/C7H15I2N3/c1-10-2-4-11(8)6-7-12(9)5-3-10/h2-7H2,1H3. The van der Waals surface area contributed by atoms with Gasteiger partial charge in [0, 0.05) is 85.0 Å². The molecule has 0 bridgehead atoms. The highest BCUT2D eigenvalue weighted by Crippen LogP contribution is 2.05. The van der Waals surface area contributed by atoms with Crippen LogP contribution < -0.4 is 0 Å². The van der Waals surface area contributed by atoms with E-state index in [-0.39, 0.29) is 0 Å². The molecule has 0 N–H and O–H groups in total. The summed E-state index contributed by atoms with van der Waals surface area (Å²) in [7, 11) is 2.19. The summed E-state index contributed by atoms with van der Waals surface area (Å²) in [6, 6.07) is 0. The Morgan fingerprint density at radius 3 is 1.50 bits per heavy atom. The van der Waals surface area contributed by atoms with Gasteiger partial charge in [-0.15, -0.1) is 0 Å². The first kappa shape index (κ1) is 11.4. The van der Waals surface area contributed by atoms with Gasteiger partial charge in [-0.2, -0.15) is 0 Å². The second-order valence-corrected chi connectivity index (χ2v) is 5.85. The zero-order valence-corrected chi connectivity index (χ0v) is 11.7. The maximum absolute atomic E-state index is 2.41. The first-order valence-corrected chi connectivity index (χ1v) is 6.11. The second kappa shape index (κ2) is 5.94. The molecule has 0 aromatic heterocycles. The molecule has 1 saturated heterocycles. The van der Waals surface area contributed by atoms with E-state index in [1.807, 2.05) is 0 Å². The van der Waals surface area contributed by atoms with Crippen molar-refractivity contribution in [2.45, 2.75) is 0 Å². The van der Waals surface area contributed by atoms with Gasteiger partial charge >= 0.3 is 0 Å². The predicted molar refractivity (Wildman–Crippen MR) is 68.7 cm³/mol. The van der Waals surface area contributed by atoms with E-state index in [9.17, 15) is 0 Å². The second-order valence-electron chi connectivity index (χ2n) is 3.12. The normalized spacial score (nSPS) is 26.2. The van der Waals surface area contributed by atoms with Gasteiger partial charge in [-0.25, -0.2) is 6.23 Å². The molecule has 0 amide bonds. The lowest BCUT2D eigenvalue weighted by Crippen LogP contribution is -2.29. The number of hydrogen-bond acceptors (Lipinski definition) is 3. The van der Waals surface area contributed by atoms with Crippen LogP contribution in [0.5, 0.6) is 0 Å². The fourth-order valence-corrected chi connectivity index (χ4v) is 1.97. The predicted octanol–water partition coefficient (Wildman–Crippen LogP) is 1.24. The Kier molecular flexibility index (Phi) is 5.65. The van der Waals surface area contributed by atoms with Gasteiger partial charge in [-0.3, -0.25) is 0 Å². The van der Waals surface area contributed by atoms with Gasteiger partial charge in [0.05, 0.1) is 0 Å². The maximum Gasteiger partial charge on any atom is 0.0217 e. The van der Waals surface area contributed by atoms with Crippen molar-refractivity contribution in [3.8, 4) is 0 Å². The van der Waals surface area contributed by atoms with E-state index in [1.54, 1.807) is 0 Å². The molecule has 1 aliphatic heterocycles. The summed E-state index contributed by atoms with van der Waals surface area (Å²) in [6.45, 7) is 7.10. The lowest BCUT2D eigenvalue weighted by atomic mass is 10.5. The lowest BCUT2D eigenvalue weighted by molar-refractivity contribution is 0.318. The van der Waals surface area contributed by atoms with Gasteiger partial charge in [0.25, 0.3) is 0 Å². The first-order valence-electron chi connectivity index (χ1n) is 4.18. The molecule has 3 nitrogen and oxygen atoms in total. The highest BCUT2D eigenvalue weighted by molar-refractivity contribution is 14.1. The monoisotopic (exact) mass is 395 g/mol. The minimum Gasteiger partial charge on any atom is -0.304 e. The minimum absolute atomic E-state index is 1.18. The van der Waals surface area contributed by atoms with Gasteiger partial charge in [0.15, 0.2) is 0 Å². The van der Waals surface area contributed by atoms with Crippen molar-refractivity contribution in [1.82, 2.24) is 11.1 Å². The van der Waals surface area contributed by atoms with E-state index in [0.717, 1.165) is 0 Å². The van der Waals surface area contributed by atoms with Gasteiger partial charge in [-0.1, -0.05) is 0 Å². The molecule has 0 aromatic carbocycles. The molecular formula is C7H15I2N3. The van der Waals surface area contributed by atoms with Crippen LogP contribution in [-0.2, 0) is 0 Å².